The van der Waals surface area contributed by atoms with Crippen LogP contribution in [0.2, 0.25) is 0 Å². The summed E-state index contributed by atoms with van der Waals surface area (Å²) in [5, 5.41) is 39.2. The Hall–Kier alpha value is -4.70. The number of aliphatic hydroxyl groups is 1. The lowest BCUT2D eigenvalue weighted by Crippen LogP contribution is -2.06. The van der Waals surface area contributed by atoms with Gasteiger partial charge in [0.25, 0.3) is 0 Å². The second-order valence-electron chi connectivity index (χ2n) is 8.99. The van der Waals surface area contributed by atoms with E-state index in [0.29, 0.717) is 0 Å². The molecule has 0 aromatic heterocycles. The number of hydrogen-bond acceptors (Lipinski definition) is 4. The molecular weight excluding hydrogens is 460 g/mol. The molecule has 0 saturated heterocycles. The molecule has 4 aromatic carbocycles. The molecule has 186 valence electrons. The van der Waals surface area contributed by atoms with E-state index in [1.807, 2.05) is 42.5 Å². The molecule has 4 nitrogen and oxygen atoms in total. The first-order valence-electron chi connectivity index (χ1n) is 12.0. The molecule has 0 aliphatic carbocycles. The van der Waals surface area contributed by atoms with Gasteiger partial charge in [0.2, 0.25) is 0 Å². The van der Waals surface area contributed by atoms with E-state index in [4.69, 9.17) is 0 Å². The van der Waals surface area contributed by atoms with Crippen molar-refractivity contribution in [3.63, 3.8) is 0 Å². The molecule has 0 spiro atoms. The van der Waals surface area contributed by atoms with Crippen LogP contribution in [-0.2, 0) is 0 Å². The van der Waals surface area contributed by atoms with Crippen LogP contribution in [0.25, 0.3) is 0 Å². The first-order chi connectivity index (χ1) is 17.9. The number of phenolic OH excluding ortho intramolecular Hbond substituents is 3. The summed E-state index contributed by atoms with van der Waals surface area (Å²) in [6.07, 6.45) is 5.27. The van der Waals surface area contributed by atoms with Crippen molar-refractivity contribution in [2.75, 3.05) is 0 Å². The Kier molecular flexibility index (Phi) is 7.80. The third-order valence-corrected chi connectivity index (χ3v) is 6.37. The number of hydrogen-bond donors (Lipinski definition) is 4. The number of rotatable bonds is 8. The largest absolute Gasteiger partial charge is 0.513 e. The van der Waals surface area contributed by atoms with Gasteiger partial charge >= 0.3 is 0 Å². The Morgan fingerprint density at radius 1 is 0.568 bits per heavy atom. The number of aromatic hydroxyl groups is 3. The quantitative estimate of drug-likeness (QED) is 0.116. The van der Waals surface area contributed by atoms with E-state index < -0.39 is 0 Å². The van der Waals surface area contributed by atoms with Crippen molar-refractivity contribution in [2.24, 2.45) is 0 Å². The van der Waals surface area contributed by atoms with Crippen LogP contribution in [0, 0.1) is 0 Å². The summed E-state index contributed by atoms with van der Waals surface area (Å²) in [6.45, 7) is 5.62. The average molecular weight is 491 g/mol. The highest BCUT2D eigenvalue weighted by atomic mass is 16.3. The molecule has 0 aliphatic rings. The summed E-state index contributed by atoms with van der Waals surface area (Å²) in [6, 6.07) is 29.7. The first kappa shape index (κ1) is 25.4. The molecule has 0 heterocycles. The van der Waals surface area contributed by atoms with Crippen molar-refractivity contribution in [2.45, 2.75) is 18.8 Å². The van der Waals surface area contributed by atoms with E-state index in [1.165, 1.54) is 0 Å². The highest BCUT2D eigenvalue weighted by Crippen LogP contribution is 2.37. The van der Waals surface area contributed by atoms with Crippen LogP contribution in [-0.4, -0.2) is 20.4 Å². The van der Waals surface area contributed by atoms with Crippen LogP contribution < -0.4 is 0 Å². The minimum Gasteiger partial charge on any atom is -0.513 e. The molecule has 1 unspecified atom stereocenters. The second-order valence-corrected chi connectivity index (χ2v) is 8.99. The van der Waals surface area contributed by atoms with E-state index in [1.54, 1.807) is 55.5 Å². The zero-order valence-corrected chi connectivity index (χ0v) is 20.6. The molecule has 0 amide bonds. The fourth-order valence-electron chi connectivity index (χ4n) is 4.53. The van der Waals surface area contributed by atoms with E-state index in [0.717, 1.165) is 33.4 Å². The summed E-state index contributed by atoms with van der Waals surface area (Å²) >= 11 is 0. The van der Waals surface area contributed by atoms with Gasteiger partial charge in [-0.05, 0) is 82.8 Å². The maximum absolute atomic E-state index is 9.82. The number of phenols is 3. The van der Waals surface area contributed by atoms with Gasteiger partial charge in [-0.15, -0.1) is 0 Å². The molecule has 4 N–H and O–H groups in total. The molecular formula is C33H30O4. The molecule has 1 atom stereocenters. The molecule has 0 saturated carbocycles. The van der Waals surface area contributed by atoms with Crippen LogP contribution in [0.5, 0.6) is 17.2 Å². The predicted octanol–water partition coefficient (Wildman–Crippen LogP) is 7.69. The lowest BCUT2D eigenvalue weighted by molar-refractivity contribution is 0.414. The standard InChI is InChI=1S/C33H30O4/c1-3-23(5-4-22(2)34)32(26-10-16-29(35)17-11-26)24-6-8-25(9-7-24)33(27-12-18-30(36)19-13-27)28-14-20-31(37)21-15-28/h3-21,32-37H,1H2,2H3/b22-4+,23-5+. The van der Waals surface area contributed by atoms with Gasteiger partial charge in [-0.3, -0.25) is 0 Å². The van der Waals surface area contributed by atoms with Gasteiger partial charge in [-0.2, -0.15) is 0 Å². The summed E-state index contributed by atoms with van der Waals surface area (Å²) in [4.78, 5) is 0. The second kappa shape index (κ2) is 11.4. The van der Waals surface area contributed by atoms with E-state index in [2.05, 4.69) is 30.8 Å². The van der Waals surface area contributed by atoms with Crippen LogP contribution in [0.1, 0.15) is 46.6 Å². The van der Waals surface area contributed by atoms with Crippen LogP contribution in [0.15, 0.2) is 133 Å². The summed E-state index contributed by atoms with van der Waals surface area (Å²) < 4.78 is 0. The molecule has 4 rings (SSSR count). The van der Waals surface area contributed by atoms with Crippen molar-refractivity contribution in [3.05, 3.63) is 161 Å². The maximum atomic E-state index is 9.82. The summed E-state index contributed by atoms with van der Waals surface area (Å²) in [7, 11) is 0. The zero-order valence-electron chi connectivity index (χ0n) is 20.6. The average Bonchev–Trinajstić information content (AvgIpc) is 2.90. The Morgan fingerprint density at radius 3 is 1.24 bits per heavy atom. The van der Waals surface area contributed by atoms with Crippen molar-refractivity contribution < 1.29 is 20.4 Å². The molecule has 4 heteroatoms. The van der Waals surface area contributed by atoms with Gasteiger partial charge in [0.15, 0.2) is 0 Å². The fourth-order valence-corrected chi connectivity index (χ4v) is 4.53. The molecule has 37 heavy (non-hydrogen) atoms. The number of allylic oxidation sites excluding steroid dienone is 5. The first-order valence-corrected chi connectivity index (χ1v) is 12.0. The predicted molar refractivity (Wildman–Crippen MR) is 148 cm³/mol. The fraction of sp³-hybridized carbons (Fsp3) is 0.0909. The van der Waals surface area contributed by atoms with Gasteiger partial charge in [-0.1, -0.05) is 79.4 Å². The minimum absolute atomic E-state index is 0.100. The highest BCUT2D eigenvalue weighted by molar-refractivity contribution is 5.50. The molecule has 4 aromatic rings. The van der Waals surface area contributed by atoms with Gasteiger partial charge in [0.05, 0.1) is 5.76 Å². The van der Waals surface area contributed by atoms with Crippen LogP contribution >= 0.6 is 0 Å². The third kappa shape index (κ3) is 6.11. The van der Waals surface area contributed by atoms with Gasteiger partial charge in [-0.25, -0.2) is 0 Å². The van der Waals surface area contributed by atoms with Gasteiger partial charge < -0.3 is 20.4 Å². The zero-order chi connectivity index (χ0) is 26.4. The lowest BCUT2D eigenvalue weighted by Gasteiger charge is -2.23. The van der Waals surface area contributed by atoms with Crippen molar-refractivity contribution in [1.29, 1.82) is 0 Å². The molecule has 0 bridgehead atoms. The monoisotopic (exact) mass is 490 g/mol. The lowest BCUT2D eigenvalue weighted by atomic mass is 9.81. The Labute approximate surface area is 217 Å². The smallest absolute Gasteiger partial charge is 0.115 e. The van der Waals surface area contributed by atoms with E-state index in [9.17, 15) is 20.4 Å². The topological polar surface area (TPSA) is 80.9 Å². The number of benzene rings is 4. The summed E-state index contributed by atoms with van der Waals surface area (Å²) in [5.41, 5.74) is 6.00. The Morgan fingerprint density at radius 2 is 0.892 bits per heavy atom. The Bertz CT molecular complexity index is 1350. The minimum atomic E-state index is -0.163. The van der Waals surface area contributed by atoms with Crippen molar-refractivity contribution in [3.8, 4) is 17.2 Å². The van der Waals surface area contributed by atoms with Gasteiger partial charge in [0.1, 0.15) is 17.2 Å². The SMILES string of the molecule is C=C/C(=C\C=C(/C)O)C(c1ccc(O)cc1)c1ccc(C(c2ccc(O)cc2)c2ccc(O)cc2)cc1. The Balaban J connectivity index is 1.80. The van der Waals surface area contributed by atoms with E-state index in [-0.39, 0.29) is 34.8 Å². The van der Waals surface area contributed by atoms with Crippen molar-refractivity contribution >= 4 is 0 Å². The molecule has 0 aliphatic heterocycles. The normalized spacial score (nSPS) is 12.9. The third-order valence-electron chi connectivity index (χ3n) is 6.37. The maximum Gasteiger partial charge on any atom is 0.115 e. The van der Waals surface area contributed by atoms with Crippen LogP contribution in [0.4, 0.5) is 0 Å². The number of aliphatic hydroxyl groups excluding tert-OH is 1. The van der Waals surface area contributed by atoms with Crippen LogP contribution in [0.3, 0.4) is 0 Å². The molecule has 0 fully saturated rings. The highest BCUT2D eigenvalue weighted by Gasteiger charge is 2.20. The van der Waals surface area contributed by atoms with Crippen molar-refractivity contribution in [1.82, 2.24) is 0 Å². The summed E-state index contributed by atoms with van der Waals surface area (Å²) in [5.74, 6) is 0.538. The molecule has 0 radical (unpaired) electrons. The van der Waals surface area contributed by atoms with Gasteiger partial charge in [0, 0.05) is 11.8 Å². The van der Waals surface area contributed by atoms with E-state index >= 15 is 0 Å².